The maximum atomic E-state index is 12.5. The summed E-state index contributed by atoms with van der Waals surface area (Å²) in [6.45, 7) is 1.87. The van der Waals surface area contributed by atoms with Crippen LogP contribution in [0.25, 0.3) is 10.9 Å². The van der Waals surface area contributed by atoms with E-state index >= 15 is 0 Å². The summed E-state index contributed by atoms with van der Waals surface area (Å²) in [6, 6.07) is 14.4. The fourth-order valence-corrected chi connectivity index (χ4v) is 3.34. The van der Waals surface area contributed by atoms with E-state index in [2.05, 4.69) is 9.71 Å². The van der Waals surface area contributed by atoms with Crippen LogP contribution in [0.4, 0.5) is 5.69 Å². The third-order valence-electron chi connectivity index (χ3n) is 3.51. The van der Waals surface area contributed by atoms with Crippen LogP contribution < -0.4 is 4.72 Å². The van der Waals surface area contributed by atoms with Crippen molar-refractivity contribution >= 4 is 32.6 Å². The van der Waals surface area contributed by atoms with Crippen molar-refractivity contribution in [1.29, 1.82) is 0 Å². The van der Waals surface area contributed by atoms with Crippen molar-refractivity contribution in [3.63, 3.8) is 0 Å². The van der Waals surface area contributed by atoms with Crippen LogP contribution in [-0.4, -0.2) is 24.5 Å². The summed E-state index contributed by atoms with van der Waals surface area (Å²) in [4.78, 5) is 15.3. The quantitative estimate of drug-likeness (QED) is 0.759. The summed E-state index contributed by atoms with van der Waals surface area (Å²) in [7, 11) is -3.79. The molecule has 1 aromatic heterocycles. The Bertz CT molecular complexity index is 1030. The highest BCUT2D eigenvalue weighted by molar-refractivity contribution is 7.92. The first kappa shape index (κ1) is 15.9. The number of nitrogens with one attached hydrogen (secondary N) is 1. The van der Waals surface area contributed by atoms with Gasteiger partial charge in [-0.05, 0) is 31.2 Å². The molecule has 122 valence electrons. The molecule has 0 saturated heterocycles. The van der Waals surface area contributed by atoms with Crippen LogP contribution in [-0.2, 0) is 10.0 Å². The number of benzene rings is 2. The van der Waals surface area contributed by atoms with Gasteiger partial charge in [0.15, 0.2) is 0 Å². The zero-order valence-electron chi connectivity index (χ0n) is 12.7. The summed E-state index contributed by atoms with van der Waals surface area (Å²) < 4.78 is 27.5. The maximum Gasteiger partial charge on any atom is 0.354 e. The molecule has 0 aliphatic rings. The predicted molar refractivity (Wildman–Crippen MR) is 90.7 cm³/mol. The number of carboxylic acid groups (broad SMARTS) is 1. The van der Waals surface area contributed by atoms with Crippen molar-refractivity contribution in [2.24, 2.45) is 0 Å². The van der Waals surface area contributed by atoms with Crippen molar-refractivity contribution in [2.75, 3.05) is 4.72 Å². The number of aromatic nitrogens is 1. The van der Waals surface area contributed by atoms with Gasteiger partial charge in [0.05, 0.1) is 16.1 Å². The molecule has 0 spiro atoms. The first-order valence-corrected chi connectivity index (χ1v) is 8.58. The van der Waals surface area contributed by atoms with Gasteiger partial charge in [0, 0.05) is 5.39 Å². The second-order valence-corrected chi connectivity index (χ2v) is 6.98. The lowest BCUT2D eigenvalue weighted by Crippen LogP contribution is -2.13. The molecule has 24 heavy (non-hydrogen) atoms. The number of carboxylic acids is 1. The van der Waals surface area contributed by atoms with Gasteiger partial charge in [-0.25, -0.2) is 18.2 Å². The first-order chi connectivity index (χ1) is 11.4. The van der Waals surface area contributed by atoms with Gasteiger partial charge in [-0.1, -0.05) is 35.9 Å². The Labute approximate surface area is 138 Å². The monoisotopic (exact) mass is 342 g/mol. The molecule has 2 aromatic carbocycles. The van der Waals surface area contributed by atoms with E-state index in [0.717, 1.165) is 5.56 Å². The SMILES string of the molecule is Cc1ccc(S(=O)(=O)Nc2cccc3ccc(C(=O)O)nc23)cc1. The minimum absolute atomic E-state index is 0.125. The molecule has 2 N–H and O–H groups in total. The van der Waals surface area contributed by atoms with Gasteiger partial charge in [-0.15, -0.1) is 0 Å². The maximum absolute atomic E-state index is 12.5. The molecule has 0 fully saturated rings. The molecule has 0 unspecified atom stereocenters. The molecule has 0 radical (unpaired) electrons. The van der Waals surface area contributed by atoms with Crippen LogP contribution in [0, 0.1) is 6.92 Å². The Morgan fingerprint density at radius 1 is 1.04 bits per heavy atom. The molecule has 0 atom stereocenters. The Morgan fingerprint density at radius 2 is 1.75 bits per heavy atom. The average molecular weight is 342 g/mol. The van der Waals surface area contributed by atoms with Crippen LogP contribution in [0.2, 0.25) is 0 Å². The number of anilines is 1. The van der Waals surface area contributed by atoms with E-state index in [4.69, 9.17) is 5.11 Å². The minimum Gasteiger partial charge on any atom is -0.477 e. The molecule has 0 aliphatic carbocycles. The van der Waals surface area contributed by atoms with E-state index in [1.165, 1.54) is 18.2 Å². The third kappa shape index (κ3) is 3.07. The number of nitrogens with zero attached hydrogens (tertiary/aromatic N) is 1. The normalized spacial score (nSPS) is 11.4. The molecule has 0 amide bonds. The molecular formula is C17H14N2O4S. The van der Waals surface area contributed by atoms with E-state index in [9.17, 15) is 13.2 Å². The molecule has 0 bridgehead atoms. The highest BCUT2D eigenvalue weighted by atomic mass is 32.2. The molecule has 7 heteroatoms. The summed E-state index contributed by atoms with van der Waals surface area (Å²) in [5.74, 6) is -1.17. The van der Waals surface area contributed by atoms with Crippen molar-refractivity contribution in [3.05, 3.63) is 65.9 Å². The number of rotatable bonds is 4. The highest BCUT2D eigenvalue weighted by Gasteiger charge is 2.16. The average Bonchev–Trinajstić information content (AvgIpc) is 2.55. The zero-order chi connectivity index (χ0) is 17.3. The first-order valence-electron chi connectivity index (χ1n) is 7.09. The van der Waals surface area contributed by atoms with Crippen LogP contribution in [0.15, 0.2) is 59.5 Å². The van der Waals surface area contributed by atoms with Gasteiger partial charge >= 0.3 is 5.97 Å². The van der Waals surface area contributed by atoms with E-state index in [1.54, 1.807) is 36.4 Å². The molecule has 6 nitrogen and oxygen atoms in total. The number of sulfonamides is 1. The molecule has 0 saturated carbocycles. The number of carbonyl (C=O) groups is 1. The third-order valence-corrected chi connectivity index (χ3v) is 4.90. The van der Waals surface area contributed by atoms with Crippen LogP contribution in [0.1, 0.15) is 16.1 Å². The summed E-state index contributed by atoms with van der Waals surface area (Å²) >= 11 is 0. The van der Waals surface area contributed by atoms with E-state index < -0.39 is 16.0 Å². The van der Waals surface area contributed by atoms with Crippen molar-refractivity contribution < 1.29 is 18.3 Å². The Balaban J connectivity index is 2.07. The smallest absolute Gasteiger partial charge is 0.354 e. The largest absolute Gasteiger partial charge is 0.477 e. The topological polar surface area (TPSA) is 96.4 Å². The van der Waals surface area contributed by atoms with Gasteiger partial charge < -0.3 is 5.11 Å². The number of para-hydroxylation sites is 1. The van der Waals surface area contributed by atoms with Crippen LogP contribution in [0.3, 0.4) is 0 Å². The second kappa shape index (κ2) is 5.93. The van der Waals surface area contributed by atoms with E-state index in [1.807, 2.05) is 6.92 Å². The van der Waals surface area contributed by atoms with Crippen LogP contribution in [0.5, 0.6) is 0 Å². The van der Waals surface area contributed by atoms with Gasteiger partial charge in [-0.3, -0.25) is 4.72 Å². The number of fused-ring (bicyclic) bond motifs is 1. The number of aryl methyl sites for hydroxylation is 1. The van der Waals surface area contributed by atoms with Gasteiger partial charge in [0.2, 0.25) is 0 Å². The van der Waals surface area contributed by atoms with Crippen molar-refractivity contribution in [2.45, 2.75) is 11.8 Å². The Kier molecular flexibility index (Phi) is 3.94. The summed E-state index contributed by atoms with van der Waals surface area (Å²) in [5, 5.41) is 9.71. The predicted octanol–water partition coefficient (Wildman–Crippen LogP) is 3.04. The lowest BCUT2D eigenvalue weighted by molar-refractivity contribution is 0.0691. The molecule has 0 aliphatic heterocycles. The standard InChI is InChI=1S/C17H14N2O4S/c1-11-5-8-13(9-6-11)24(22,23)19-14-4-2-3-12-7-10-15(17(20)21)18-16(12)14/h2-10,19H,1H3,(H,20,21). The highest BCUT2D eigenvalue weighted by Crippen LogP contribution is 2.24. The number of pyridine rings is 1. The molecule has 3 aromatic rings. The summed E-state index contributed by atoms with van der Waals surface area (Å²) in [5.41, 5.74) is 1.32. The van der Waals surface area contributed by atoms with Crippen LogP contribution >= 0.6 is 0 Å². The Hall–Kier alpha value is -2.93. The Morgan fingerprint density at radius 3 is 2.42 bits per heavy atom. The molecule has 1 heterocycles. The molecular weight excluding hydrogens is 328 g/mol. The minimum atomic E-state index is -3.79. The van der Waals surface area contributed by atoms with E-state index in [-0.39, 0.29) is 21.8 Å². The van der Waals surface area contributed by atoms with Gasteiger partial charge in [0.1, 0.15) is 5.69 Å². The van der Waals surface area contributed by atoms with Gasteiger partial charge in [0.25, 0.3) is 10.0 Å². The fourth-order valence-electron chi connectivity index (χ4n) is 2.27. The number of hydrogen-bond donors (Lipinski definition) is 2. The van der Waals surface area contributed by atoms with Gasteiger partial charge in [-0.2, -0.15) is 0 Å². The van der Waals surface area contributed by atoms with Crippen molar-refractivity contribution in [1.82, 2.24) is 4.98 Å². The fraction of sp³-hybridized carbons (Fsp3) is 0.0588. The number of hydrogen-bond acceptors (Lipinski definition) is 4. The van der Waals surface area contributed by atoms with Crippen molar-refractivity contribution in [3.8, 4) is 0 Å². The molecule has 3 rings (SSSR count). The van der Waals surface area contributed by atoms with E-state index in [0.29, 0.717) is 5.39 Å². The lowest BCUT2D eigenvalue weighted by atomic mass is 10.2. The summed E-state index contributed by atoms with van der Waals surface area (Å²) in [6.07, 6.45) is 0. The second-order valence-electron chi connectivity index (χ2n) is 5.30. The number of aromatic carboxylic acids is 1. The zero-order valence-corrected chi connectivity index (χ0v) is 13.5. The lowest BCUT2D eigenvalue weighted by Gasteiger charge is -2.11.